The predicted molar refractivity (Wildman–Crippen MR) is 75.7 cm³/mol. The van der Waals surface area contributed by atoms with Crippen LogP contribution in [-0.2, 0) is 6.18 Å². The van der Waals surface area contributed by atoms with E-state index in [4.69, 9.17) is 5.26 Å². The molecule has 0 unspecified atom stereocenters. The fourth-order valence-corrected chi connectivity index (χ4v) is 2.26. The first-order valence-electron chi connectivity index (χ1n) is 6.50. The van der Waals surface area contributed by atoms with E-state index < -0.39 is 17.3 Å². The second kappa shape index (κ2) is 4.98. The number of nitrogens with one attached hydrogen (secondary N) is 1. The van der Waals surface area contributed by atoms with Crippen LogP contribution in [0.25, 0.3) is 16.9 Å². The number of hydrogen-bond donors (Lipinski definition) is 1. The molecule has 1 N–H and O–H groups in total. The second-order valence-electron chi connectivity index (χ2n) is 4.97. The van der Waals surface area contributed by atoms with Crippen LogP contribution in [0.5, 0.6) is 0 Å². The molecule has 0 aliphatic rings. The monoisotopic (exact) mass is 318 g/mol. The van der Waals surface area contributed by atoms with Crippen molar-refractivity contribution in [3.05, 3.63) is 57.8 Å². The zero-order valence-corrected chi connectivity index (χ0v) is 11.8. The smallest absolute Gasteiger partial charge is 0.325 e. The number of H-pyrrole nitrogens is 1. The normalized spacial score (nSPS) is 11.6. The van der Waals surface area contributed by atoms with Gasteiger partial charge in [-0.15, -0.1) is 0 Å². The van der Waals surface area contributed by atoms with Gasteiger partial charge in [0, 0.05) is 23.7 Å². The number of nitrogens with zero attached hydrogens (tertiary/aromatic N) is 3. The van der Waals surface area contributed by atoms with Gasteiger partial charge in [0.15, 0.2) is 0 Å². The molecule has 8 heteroatoms. The van der Waals surface area contributed by atoms with Crippen molar-refractivity contribution in [3.63, 3.8) is 0 Å². The zero-order valence-electron chi connectivity index (χ0n) is 11.8. The van der Waals surface area contributed by atoms with Gasteiger partial charge >= 0.3 is 6.18 Å². The molecule has 0 atom stereocenters. The number of alkyl halides is 3. The zero-order chi connectivity index (χ0) is 16.8. The van der Waals surface area contributed by atoms with Crippen LogP contribution in [-0.4, -0.2) is 14.4 Å². The Hall–Kier alpha value is -3.08. The Labute approximate surface area is 127 Å². The lowest BCUT2D eigenvalue weighted by molar-refractivity contribution is -0.137. The summed E-state index contributed by atoms with van der Waals surface area (Å²) in [5, 5.41) is 8.93. The molecule has 5 nitrogen and oxygen atoms in total. The number of nitriles is 1. The molecule has 0 fully saturated rings. The number of halogens is 3. The summed E-state index contributed by atoms with van der Waals surface area (Å²) in [6.45, 7) is 1.63. The molecule has 3 aromatic rings. The maximum atomic E-state index is 12.7. The molecular weight excluding hydrogens is 309 g/mol. The van der Waals surface area contributed by atoms with Gasteiger partial charge in [-0.05, 0) is 25.1 Å². The summed E-state index contributed by atoms with van der Waals surface area (Å²) in [5.41, 5.74) is 0.277. The summed E-state index contributed by atoms with van der Waals surface area (Å²) < 4.78 is 39.5. The Bertz CT molecular complexity index is 1010. The van der Waals surface area contributed by atoms with Crippen molar-refractivity contribution >= 4 is 5.65 Å². The Morgan fingerprint density at radius 3 is 2.70 bits per heavy atom. The Kier molecular flexibility index (Phi) is 3.21. The molecule has 116 valence electrons. The molecule has 0 saturated heterocycles. The number of fused-ring (bicyclic) bond motifs is 1. The summed E-state index contributed by atoms with van der Waals surface area (Å²) in [6.07, 6.45) is -2.08. The van der Waals surface area contributed by atoms with Crippen LogP contribution in [0.3, 0.4) is 0 Å². The lowest BCUT2D eigenvalue weighted by Crippen LogP contribution is -2.11. The van der Waals surface area contributed by atoms with Crippen LogP contribution in [0.4, 0.5) is 13.2 Å². The first kappa shape index (κ1) is 14.8. The van der Waals surface area contributed by atoms with Crippen LogP contribution < -0.4 is 5.56 Å². The fourth-order valence-electron chi connectivity index (χ4n) is 2.26. The molecule has 0 aliphatic heterocycles. The van der Waals surface area contributed by atoms with Gasteiger partial charge in [-0.1, -0.05) is 0 Å². The standard InChI is InChI=1S/C15H9F3N4O/c1-8-11(4-9(5-19)14(23)20-8)12-7-22-6-10(15(16,17)18)2-3-13(22)21-12/h2-4,6-7H,1H3,(H,20,23). The minimum atomic E-state index is -4.44. The third-order valence-corrected chi connectivity index (χ3v) is 3.41. The highest BCUT2D eigenvalue weighted by atomic mass is 19.4. The molecule has 3 heterocycles. The number of aromatic amines is 1. The number of pyridine rings is 2. The van der Waals surface area contributed by atoms with Gasteiger partial charge in [-0.25, -0.2) is 4.98 Å². The summed E-state index contributed by atoms with van der Waals surface area (Å²) in [4.78, 5) is 18.3. The van der Waals surface area contributed by atoms with Crippen molar-refractivity contribution < 1.29 is 13.2 Å². The molecule has 0 amide bonds. The maximum absolute atomic E-state index is 12.7. The van der Waals surface area contributed by atoms with Crippen LogP contribution in [0.1, 0.15) is 16.8 Å². The SMILES string of the molecule is Cc1[nH]c(=O)c(C#N)cc1-c1cn2cc(C(F)(F)F)ccc2n1. The van der Waals surface area contributed by atoms with E-state index in [0.717, 1.165) is 12.3 Å². The summed E-state index contributed by atoms with van der Waals surface area (Å²) in [7, 11) is 0. The van der Waals surface area contributed by atoms with E-state index in [1.54, 1.807) is 13.0 Å². The number of rotatable bonds is 1. The van der Waals surface area contributed by atoms with E-state index in [0.29, 0.717) is 22.6 Å². The van der Waals surface area contributed by atoms with E-state index in [2.05, 4.69) is 9.97 Å². The number of imidazole rings is 1. The third kappa shape index (κ3) is 2.57. The van der Waals surface area contributed by atoms with Crippen LogP contribution in [0.15, 0.2) is 35.4 Å². The molecule has 0 radical (unpaired) electrons. The highest BCUT2D eigenvalue weighted by molar-refractivity contribution is 5.66. The molecule has 0 aromatic carbocycles. The lowest BCUT2D eigenvalue weighted by atomic mass is 10.1. The van der Waals surface area contributed by atoms with E-state index in [1.807, 2.05) is 0 Å². The van der Waals surface area contributed by atoms with Crippen molar-refractivity contribution in [2.24, 2.45) is 0 Å². The van der Waals surface area contributed by atoms with Gasteiger partial charge in [0.05, 0.1) is 11.3 Å². The van der Waals surface area contributed by atoms with Crippen LogP contribution in [0, 0.1) is 18.3 Å². The van der Waals surface area contributed by atoms with E-state index in [9.17, 15) is 18.0 Å². The van der Waals surface area contributed by atoms with E-state index in [1.165, 1.54) is 22.7 Å². The summed E-state index contributed by atoms with van der Waals surface area (Å²) >= 11 is 0. The average Bonchev–Trinajstić information content (AvgIpc) is 2.89. The van der Waals surface area contributed by atoms with E-state index in [-0.39, 0.29) is 5.56 Å². The molecule has 23 heavy (non-hydrogen) atoms. The molecule has 3 rings (SSSR count). The van der Waals surface area contributed by atoms with Crippen molar-refractivity contribution in [1.29, 1.82) is 5.26 Å². The largest absolute Gasteiger partial charge is 0.417 e. The maximum Gasteiger partial charge on any atom is 0.417 e. The molecule has 0 saturated carbocycles. The minimum absolute atomic E-state index is 0.0846. The summed E-state index contributed by atoms with van der Waals surface area (Å²) in [6, 6.07) is 5.36. The second-order valence-corrected chi connectivity index (χ2v) is 4.97. The van der Waals surface area contributed by atoms with Crippen LogP contribution in [0.2, 0.25) is 0 Å². The van der Waals surface area contributed by atoms with E-state index >= 15 is 0 Å². The average molecular weight is 318 g/mol. The van der Waals surface area contributed by atoms with Gasteiger partial charge in [0.2, 0.25) is 0 Å². The van der Waals surface area contributed by atoms with Crippen molar-refractivity contribution in [1.82, 2.24) is 14.4 Å². The van der Waals surface area contributed by atoms with Gasteiger partial charge in [-0.3, -0.25) is 4.79 Å². The van der Waals surface area contributed by atoms with Gasteiger partial charge < -0.3 is 9.38 Å². The Balaban J connectivity index is 2.19. The van der Waals surface area contributed by atoms with Crippen molar-refractivity contribution in [2.75, 3.05) is 0 Å². The summed E-state index contributed by atoms with van der Waals surface area (Å²) in [5.74, 6) is 0. The first-order chi connectivity index (χ1) is 10.8. The molecule has 3 aromatic heterocycles. The number of hydrogen-bond acceptors (Lipinski definition) is 3. The molecular formula is C15H9F3N4O. The fraction of sp³-hybridized carbons (Fsp3) is 0.133. The first-order valence-corrected chi connectivity index (χ1v) is 6.50. The minimum Gasteiger partial charge on any atom is -0.325 e. The quantitative estimate of drug-likeness (QED) is 0.750. The lowest BCUT2D eigenvalue weighted by Gasteiger charge is -2.05. The molecule has 0 aliphatic carbocycles. The third-order valence-electron chi connectivity index (χ3n) is 3.41. The van der Waals surface area contributed by atoms with Crippen LogP contribution >= 0.6 is 0 Å². The topological polar surface area (TPSA) is 74.0 Å². The highest BCUT2D eigenvalue weighted by Gasteiger charge is 2.30. The van der Waals surface area contributed by atoms with Gasteiger partial charge in [-0.2, -0.15) is 18.4 Å². The predicted octanol–water partition coefficient (Wildman–Crippen LogP) is 2.89. The van der Waals surface area contributed by atoms with Crippen molar-refractivity contribution in [2.45, 2.75) is 13.1 Å². The Morgan fingerprint density at radius 1 is 1.30 bits per heavy atom. The number of aromatic nitrogens is 3. The van der Waals surface area contributed by atoms with Crippen molar-refractivity contribution in [3.8, 4) is 17.3 Å². The highest BCUT2D eigenvalue weighted by Crippen LogP contribution is 2.30. The molecule has 0 spiro atoms. The molecule has 0 bridgehead atoms. The van der Waals surface area contributed by atoms with Gasteiger partial charge in [0.1, 0.15) is 17.3 Å². The van der Waals surface area contributed by atoms with Gasteiger partial charge in [0.25, 0.3) is 5.56 Å². The Morgan fingerprint density at radius 2 is 2.04 bits per heavy atom. The number of aryl methyl sites for hydroxylation is 1.